The van der Waals surface area contributed by atoms with E-state index in [4.69, 9.17) is 0 Å². The quantitative estimate of drug-likeness (QED) is 0.463. The zero-order valence-corrected chi connectivity index (χ0v) is 4.39. The Kier molecular flexibility index (Phi) is 1.20. The van der Waals surface area contributed by atoms with Crippen molar-refractivity contribution in [2.45, 2.75) is 13.3 Å². The Balaban J connectivity index is 2.52. The Morgan fingerprint density at radius 3 is 3.00 bits per heavy atom. The molecule has 0 saturated heterocycles. The lowest BCUT2D eigenvalue weighted by Gasteiger charge is -1.80. The Bertz CT molecular complexity index is 113. The first-order valence-corrected chi connectivity index (χ1v) is 2.46. The van der Waals surface area contributed by atoms with Gasteiger partial charge in [0.2, 0.25) is 0 Å². The van der Waals surface area contributed by atoms with E-state index in [9.17, 15) is 0 Å². The average molecular weight is 96.1 g/mol. The monoisotopic (exact) mass is 96.1 g/mol. The van der Waals surface area contributed by atoms with Crippen molar-refractivity contribution in [3.8, 4) is 0 Å². The molecule has 0 aromatic heterocycles. The molecule has 1 aliphatic rings. The fourth-order valence-corrected chi connectivity index (χ4v) is 0.522. The van der Waals surface area contributed by atoms with Crippen LogP contribution in [0.1, 0.15) is 13.3 Å². The maximum absolute atomic E-state index is 4.05. The fourth-order valence-electron chi connectivity index (χ4n) is 0.522. The van der Waals surface area contributed by atoms with Gasteiger partial charge < -0.3 is 0 Å². The van der Waals surface area contributed by atoms with Gasteiger partial charge in [-0.1, -0.05) is 6.92 Å². The van der Waals surface area contributed by atoms with Crippen LogP contribution in [0.5, 0.6) is 0 Å². The standard InChI is InChI=1S/C5H8N2/c1-2-5-3-6-4-7-5/h3H,2,4H2,1H3. The molecule has 38 valence electrons. The van der Waals surface area contributed by atoms with Crippen LogP contribution in [0, 0.1) is 0 Å². The van der Waals surface area contributed by atoms with Gasteiger partial charge in [0.1, 0.15) is 6.67 Å². The van der Waals surface area contributed by atoms with Crippen molar-refractivity contribution in [1.82, 2.24) is 0 Å². The van der Waals surface area contributed by atoms with Crippen molar-refractivity contribution in [1.29, 1.82) is 0 Å². The Hall–Kier alpha value is -0.660. The van der Waals surface area contributed by atoms with Crippen molar-refractivity contribution in [2.24, 2.45) is 9.98 Å². The molecule has 0 unspecified atom stereocenters. The second-order valence-corrected chi connectivity index (χ2v) is 1.46. The zero-order valence-electron chi connectivity index (χ0n) is 4.39. The number of hydrogen-bond donors (Lipinski definition) is 0. The summed E-state index contributed by atoms with van der Waals surface area (Å²) in [5, 5.41) is 0. The van der Waals surface area contributed by atoms with Crippen LogP contribution < -0.4 is 0 Å². The van der Waals surface area contributed by atoms with E-state index in [1.54, 1.807) is 0 Å². The second kappa shape index (κ2) is 1.87. The molecule has 0 N–H and O–H groups in total. The highest BCUT2D eigenvalue weighted by Gasteiger charge is 1.92. The van der Waals surface area contributed by atoms with Crippen LogP contribution in [-0.2, 0) is 0 Å². The predicted octanol–water partition coefficient (Wildman–Crippen LogP) is 0.879. The average Bonchev–Trinajstić information content (AvgIpc) is 2.14. The molecule has 0 atom stereocenters. The third kappa shape index (κ3) is 0.856. The molecule has 0 radical (unpaired) electrons. The first kappa shape index (κ1) is 4.50. The molecule has 1 heterocycles. The SMILES string of the molecule is CCC1=NCN=C1. The molecule has 0 aromatic carbocycles. The van der Waals surface area contributed by atoms with E-state index in [1.165, 1.54) is 0 Å². The third-order valence-electron chi connectivity index (χ3n) is 0.958. The first-order valence-electron chi connectivity index (χ1n) is 2.46. The van der Waals surface area contributed by atoms with Gasteiger partial charge in [-0.2, -0.15) is 0 Å². The van der Waals surface area contributed by atoms with Gasteiger partial charge in [0.15, 0.2) is 0 Å². The van der Waals surface area contributed by atoms with Gasteiger partial charge >= 0.3 is 0 Å². The van der Waals surface area contributed by atoms with E-state index in [0.29, 0.717) is 6.67 Å². The minimum Gasteiger partial charge on any atom is -0.268 e. The van der Waals surface area contributed by atoms with E-state index in [1.807, 2.05) is 6.21 Å². The van der Waals surface area contributed by atoms with E-state index in [2.05, 4.69) is 16.9 Å². The predicted molar refractivity (Wildman–Crippen MR) is 31.1 cm³/mol. The summed E-state index contributed by atoms with van der Waals surface area (Å²) in [4.78, 5) is 7.96. The lowest BCUT2D eigenvalue weighted by molar-refractivity contribution is 1.10. The van der Waals surface area contributed by atoms with Gasteiger partial charge in [0.05, 0.1) is 5.71 Å². The summed E-state index contributed by atoms with van der Waals surface area (Å²) in [5.41, 5.74) is 1.13. The van der Waals surface area contributed by atoms with Crippen LogP contribution >= 0.6 is 0 Å². The summed E-state index contributed by atoms with van der Waals surface area (Å²) in [5.74, 6) is 0. The Morgan fingerprint density at radius 2 is 2.71 bits per heavy atom. The summed E-state index contributed by atoms with van der Waals surface area (Å²) in [6, 6.07) is 0. The largest absolute Gasteiger partial charge is 0.268 e. The van der Waals surface area contributed by atoms with Crippen LogP contribution in [-0.4, -0.2) is 18.6 Å². The van der Waals surface area contributed by atoms with Crippen molar-refractivity contribution in [3.63, 3.8) is 0 Å². The lowest BCUT2D eigenvalue weighted by Crippen LogP contribution is -1.90. The summed E-state index contributed by atoms with van der Waals surface area (Å²) < 4.78 is 0. The molecule has 0 bridgehead atoms. The third-order valence-corrected chi connectivity index (χ3v) is 0.958. The van der Waals surface area contributed by atoms with Crippen LogP contribution in [0.15, 0.2) is 9.98 Å². The second-order valence-electron chi connectivity index (χ2n) is 1.46. The highest BCUT2D eigenvalue weighted by Crippen LogP contribution is 1.89. The van der Waals surface area contributed by atoms with E-state index < -0.39 is 0 Å². The fraction of sp³-hybridized carbons (Fsp3) is 0.600. The molecule has 0 aliphatic carbocycles. The van der Waals surface area contributed by atoms with Crippen molar-refractivity contribution in [3.05, 3.63) is 0 Å². The number of nitrogens with zero attached hydrogens (tertiary/aromatic N) is 2. The normalized spacial score (nSPS) is 17.6. The van der Waals surface area contributed by atoms with Crippen LogP contribution in [0.3, 0.4) is 0 Å². The maximum atomic E-state index is 4.05. The molecule has 7 heavy (non-hydrogen) atoms. The topological polar surface area (TPSA) is 24.7 Å². The minimum absolute atomic E-state index is 0.656. The molecule has 1 aliphatic heterocycles. The summed E-state index contributed by atoms with van der Waals surface area (Å²) in [7, 11) is 0. The Morgan fingerprint density at radius 1 is 1.86 bits per heavy atom. The molecule has 2 nitrogen and oxygen atoms in total. The van der Waals surface area contributed by atoms with Crippen LogP contribution in [0.2, 0.25) is 0 Å². The molecule has 0 fully saturated rings. The smallest absolute Gasteiger partial charge is 0.129 e. The maximum Gasteiger partial charge on any atom is 0.129 e. The van der Waals surface area contributed by atoms with Gasteiger partial charge in [-0.15, -0.1) is 0 Å². The molecule has 2 heteroatoms. The van der Waals surface area contributed by atoms with Crippen molar-refractivity contribution in [2.75, 3.05) is 6.67 Å². The number of aliphatic imine (C=N–C) groups is 2. The summed E-state index contributed by atoms with van der Waals surface area (Å²) >= 11 is 0. The summed E-state index contributed by atoms with van der Waals surface area (Å²) in [6.07, 6.45) is 2.85. The molecular formula is C5H8N2. The van der Waals surface area contributed by atoms with Crippen LogP contribution in [0.4, 0.5) is 0 Å². The minimum atomic E-state index is 0.656. The first-order chi connectivity index (χ1) is 3.43. The molecule has 1 rings (SSSR count). The highest BCUT2D eigenvalue weighted by atomic mass is 15.0. The van der Waals surface area contributed by atoms with E-state index in [0.717, 1.165) is 12.1 Å². The molecule has 0 aromatic rings. The molecule has 0 amide bonds. The highest BCUT2D eigenvalue weighted by molar-refractivity contribution is 6.31. The molecule has 0 spiro atoms. The van der Waals surface area contributed by atoms with Gasteiger partial charge in [0, 0.05) is 6.21 Å². The van der Waals surface area contributed by atoms with Gasteiger partial charge in [0.25, 0.3) is 0 Å². The van der Waals surface area contributed by atoms with E-state index in [-0.39, 0.29) is 0 Å². The van der Waals surface area contributed by atoms with Gasteiger partial charge in [-0.3, -0.25) is 9.98 Å². The molecular weight excluding hydrogens is 88.1 g/mol. The van der Waals surface area contributed by atoms with E-state index >= 15 is 0 Å². The number of hydrogen-bond acceptors (Lipinski definition) is 2. The van der Waals surface area contributed by atoms with Gasteiger partial charge in [-0.25, -0.2) is 0 Å². The molecule has 0 saturated carbocycles. The zero-order chi connectivity index (χ0) is 5.11. The Labute approximate surface area is 43.0 Å². The van der Waals surface area contributed by atoms with Crippen molar-refractivity contribution < 1.29 is 0 Å². The van der Waals surface area contributed by atoms with Crippen molar-refractivity contribution >= 4 is 11.9 Å². The number of rotatable bonds is 1. The summed E-state index contributed by atoms with van der Waals surface area (Å²) in [6.45, 7) is 2.74. The lowest BCUT2D eigenvalue weighted by atomic mass is 10.3. The van der Waals surface area contributed by atoms with Crippen LogP contribution in [0.25, 0.3) is 0 Å². The van der Waals surface area contributed by atoms with Gasteiger partial charge in [-0.05, 0) is 6.42 Å².